The summed E-state index contributed by atoms with van der Waals surface area (Å²) in [5.41, 5.74) is 0.798. The Kier molecular flexibility index (Phi) is 3.60. The number of carbonyl (C=O) groups is 1. The van der Waals surface area contributed by atoms with Crippen LogP contribution in [-0.2, 0) is 13.1 Å². The van der Waals surface area contributed by atoms with Crippen LogP contribution in [0.4, 0.5) is 0 Å². The molecule has 1 fully saturated rings. The minimum absolute atomic E-state index is 0.113. The van der Waals surface area contributed by atoms with Crippen molar-refractivity contribution >= 4 is 27.5 Å². The van der Waals surface area contributed by atoms with Crippen LogP contribution in [0.5, 0.6) is 0 Å². The second-order valence-electron chi connectivity index (χ2n) is 6.63. The standard InChI is InChI=1S/C17H19N5O2S/c23-17(14-9-12-13(25-14)3-8-24-12)21-5-1-11(2-6-21)16-20-19-15-10-18-4-7-22(15)16/h3,8-9,11,18H,1-2,4-7,10H2. The number of hydrogen-bond acceptors (Lipinski definition) is 6. The maximum atomic E-state index is 12.7. The zero-order valence-electron chi connectivity index (χ0n) is 13.8. The van der Waals surface area contributed by atoms with E-state index in [0.717, 1.165) is 72.4 Å². The Labute approximate surface area is 148 Å². The molecule has 7 nitrogen and oxygen atoms in total. The maximum absolute atomic E-state index is 12.7. The highest BCUT2D eigenvalue weighted by atomic mass is 32.1. The molecule has 0 aliphatic carbocycles. The summed E-state index contributed by atoms with van der Waals surface area (Å²) in [6.07, 6.45) is 3.55. The van der Waals surface area contributed by atoms with E-state index in [2.05, 4.69) is 20.1 Å². The Morgan fingerprint density at radius 2 is 2.16 bits per heavy atom. The van der Waals surface area contributed by atoms with Gasteiger partial charge in [0.1, 0.15) is 17.2 Å². The second-order valence-corrected chi connectivity index (χ2v) is 7.71. The van der Waals surface area contributed by atoms with Gasteiger partial charge in [0, 0.05) is 38.2 Å². The lowest BCUT2D eigenvalue weighted by atomic mass is 9.95. The summed E-state index contributed by atoms with van der Waals surface area (Å²) in [6, 6.07) is 3.77. The van der Waals surface area contributed by atoms with Crippen LogP contribution >= 0.6 is 11.3 Å². The first kappa shape index (κ1) is 15.1. The Morgan fingerprint density at radius 1 is 1.28 bits per heavy atom. The number of furan rings is 1. The van der Waals surface area contributed by atoms with E-state index >= 15 is 0 Å². The number of carbonyl (C=O) groups excluding carboxylic acids is 1. The Morgan fingerprint density at radius 3 is 3.00 bits per heavy atom. The highest BCUT2D eigenvalue weighted by Gasteiger charge is 2.29. The van der Waals surface area contributed by atoms with Crippen LogP contribution in [-0.4, -0.2) is 45.2 Å². The number of piperidine rings is 1. The van der Waals surface area contributed by atoms with Gasteiger partial charge in [-0.1, -0.05) is 0 Å². The number of likely N-dealkylation sites (tertiary alicyclic amines) is 1. The molecule has 0 spiro atoms. The molecule has 1 saturated heterocycles. The topological polar surface area (TPSA) is 76.2 Å². The Balaban J connectivity index is 1.29. The number of aromatic nitrogens is 3. The highest BCUT2D eigenvalue weighted by Crippen LogP contribution is 2.31. The summed E-state index contributed by atoms with van der Waals surface area (Å²) in [4.78, 5) is 15.5. The van der Waals surface area contributed by atoms with Crippen molar-refractivity contribution in [3.05, 3.63) is 34.9 Å². The average Bonchev–Trinajstić information content (AvgIpc) is 3.35. The van der Waals surface area contributed by atoms with Crippen molar-refractivity contribution in [2.45, 2.75) is 31.8 Å². The van der Waals surface area contributed by atoms with E-state index in [9.17, 15) is 4.79 Å². The maximum Gasteiger partial charge on any atom is 0.264 e. The molecular formula is C17H19N5O2S. The van der Waals surface area contributed by atoms with Crippen LogP contribution in [0.2, 0.25) is 0 Å². The van der Waals surface area contributed by atoms with Gasteiger partial charge >= 0.3 is 0 Å². The van der Waals surface area contributed by atoms with Gasteiger partial charge in [-0.15, -0.1) is 21.5 Å². The summed E-state index contributed by atoms with van der Waals surface area (Å²) in [6.45, 7) is 4.23. The van der Waals surface area contributed by atoms with E-state index in [4.69, 9.17) is 4.42 Å². The monoisotopic (exact) mass is 357 g/mol. The van der Waals surface area contributed by atoms with Crippen LogP contribution in [0.1, 0.15) is 40.1 Å². The number of thiophene rings is 1. The van der Waals surface area contributed by atoms with Crippen LogP contribution < -0.4 is 5.32 Å². The number of nitrogens with zero attached hydrogens (tertiary/aromatic N) is 4. The quantitative estimate of drug-likeness (QED) is 0.761. The zero-order chi connectivity index (χ0) is 16.8. The molecule has 0 radical (unpaired) electrons. The summed E-state index contributed by atoms with van der Waals surface area (Å²) >= 11 is 1.50. The van der Waals surface area contributed by atoms with Gasteiger partial charge < -0.3 is 19.2 Å². The molecule has 5 heterocycles. The SMILES string of the molecule is O=C(c1cc2occc2s1)N1CCC(c2nnc3n2CCNC3)CC1. The van der Waals surface area contributed by atoms with Gasteiger partial charge in [-0.3, -0.25) is 4.79 Å². The third-order valence-corrected chi connectivity index (χ3v) is 6.22. The van der Waals surface area contributed by atoms with Gasteiger partial charge in [-0.05, 0) is 18.9 Å². The van der Waals surface area contributed by atoms with Gasteiger partial charge in [0.2, 0.25) is 0 Å². The summed E-state index contributed by atoms with van der Waals surface area (Å²) in [7, 11) is 0. The number of fused-ring (bicyclic) bond motifs is 2. The van der Waals surface area contributed by atoms with Crippen LogP contribution in [0, 0.1) is 0 Å². The summed E-state index contributed by atoms with van der Waals surface area (Å²) < 4.78 is 8.66. The van der Waals surface area contributed by atoms with E-state index in [0.29, 0.717) is 5.92 Å². The molecule has 1 amide bonds. The molecule has 5 rings (SSSR count). The van der Waals surface area contributed by atoms with Crippen molar-refractivity contribution in [3.63, 3.8) is 0 Å². The molecule has 2 aliphatic rings. The Hall–Kier alpha value is -2.19. The predicted octanol–water partition coefficient (Wildman–Crippen LogP) is 2.21. The lowest BCUT2D eigenvalue weighted by Gasteiger charge is -2.31. The minimum Gasteiger partial charge on any atom is -0.463 e. The minimum atomic E-state index is 0.113. The van der Waals surface area contributed by atoms with Crippen molar-refractivity contribution in [2.24, 2.45) is 0 Å². The van der Waals surface area contributed by atoms with Crippen LogP contribution in [0.3, 0.4) is 0 Å². The zero-order valence-corrected chi connectivity index (χ0v) is 14.6. The molecular weight excluding hydrogens is 338 g/mol. The smallest absolute Gasteiger partial charge is 0.264 e. The third kappa shape index (κ3) is 2.56. The third-order valence-electron chi connectivity index (χ3n) is 5.15. The largest absolute Gasteiger partial charge is 0.463 e. The normalized spacial score (nSPS) is 18.6. The molecule has 3 aromatic rings. The molecule has 0 bridgehead atoms. The number of rotatable bonds is 2. The molecule has 8 heteroatoms. The number of amides is 1. The first-order valence-electron chi connectivity index (χ1n) is 8.68. The summed E-state index contributed by atoms with van der Waals surface area (Å²) in [5, 5.41) is 12.1. The fraction of sp³-hybridized carbons (Fsp3) is 0.471. The molecule has 130 valence electrons. The van der Waals surface area contributed by atoms with Crippen LogP contribution in [0.25, 0.3) is 10.3 Å². The van der Waals surface area contributed by atoms with E-state index in [1.165, 1.54) is 11.3 Å². The van der Waals surface area contributed by atoms with Crippen molar-refractivity contribution < 1.29 is 9.21 Å². The number of nitrogens with one attached hydrogen (secondary N) is 1. The van der Waals surface area contributed by atoms with Crippen molar-refractivity contribution in [2.75, 3.05) is 19.6 Å². The van der Waals surface area contributed by atoms with Gasteiger partial charge in [-0.2, -0.15) is 0 Å². The van der Waals surface area contributed by atoms with Gasteiger partial charge in [-0.25, -0.2) is 0 Å². The van der Waals surface area contributed by atoms with Crippen molar-refractivity contribution in [3.8, 4) is 0 Å². The first-order valence-corrected chi connectivity index (χ1v) is 9.50. The molecule has 2 aliphatic heterocycles. The second kappa shape index (κ2) is 5.96. The van der Waals surface area contributed by atoms with Gasteiger partial charge in [0.15, 0.2) is 0 Å². The van der Waals surface area contributed by atoms with Gasteiger partial charge in [0.25, 0.3) is 5.91 Å². The highest BCUT2D eigenvalue weighted by molar-refractivity contribution is 7.20. The fourth-order valence-corrected chi connectivity index (χ4v) is 4.73. The number of hydrogen-bond donors (Lipinski definition) is 1. The van der Waals surface area contributed by atoms with Gasteiger partial charge in [0.05, 0.1) is 22.4 Å². The van der Waals surface area contributed by atoms with E-state index < -0.39 is 0 Å². The van der Waals surface area contributed by atoms with E-state index in [-0.39, 0.29) is 5.91 Å². The summed E-state index contributed by atoms with van der Waals surface area (Å²) in [5.74, 6) is 2.63. The van der Waals surface area contributed by atoms with E-state index in [1.54, 1.807) is 6.26 Å². The lowest BCUT2D eigenvalue weighted by Crippen LogP contribution is -2.38. The van der Waals surface area contributed by atoms with Crippen molar-refractivity contribution in [1.82, 2.24) is 25.0 Å². The molecule has 3 aromatic heterocycles. The molecule has 0 saturated carbocycles. The lowest BCUT2D eigenvalue weighted by molar-refractivity contribution is 0.0715. The van der Waals surface area contributed by atoms with E-state index in [1.807, 2.05) is 17.0 Å². The van der Waals surface area contributed by atoms with Crippen molar-refractivity contribution in [1.29, 1.82) is 0 Å². The Bertz CT molecular complexity index is 890. The predicted molar refractivity (Wildman–Crippen MR) is 93.7 cm³/mol. The van der Waals surface area contributed by atoms with Crippen LogP contribution in [0.15, 0.2) is 22.8 Å². The molecule has 1 N–H and O–H groups in total. The molecule has 25 heavy (non-hydrogen) atoms. The average molecular weight is 357 g/mol. The first-order chi connectivity index (χ1) is 12.3. The molecule has 0 unspecified atom stereocenters. The molecule has 0 atom stereocenters. The molecule has 0 aromatic carbocycles. The fourth-order valence-electron chi connectivity index (χ4n) is 3.78.